The zero-order valence-electron chi connectivity index (χ0n) is 6.17. The Morgan fingerprint density at radius 1 is 1.70 bits per heavy atom. The van der Waals surface area contributed by atoms with Gasteiger partial charge in [-0.05, 0) is 12.2 Å². The molecule has 0 rings (SSSR count). The van der Waals surface area contributed by atoms with Crippen LogP contribution in [0.5, 0.6) is 0 Å². The van der Waals surface area contributed by atoms with Gasteiger partial charge in [0.25, 0.3) is 0 Å². The van der Waals surface area contributed by atoms with Crippen LogP contribution in [0.25, 0.3) is 0 Å². The smallest absolute Gasteiger partial charge is 0.0736 e. The van der Waals surface area contributed by atoms with Crippen molar-refractivity contribution < 1.29 is 0 Å². The minimum Gasteiger partial charge on any atom is -0.198 e. The number of rotatable bonds is 5. The minimum absolute atomic E-state index is 0.108. The summed E-state index contributed by atoms with van der Waals surface area (Å²) in [6, 6.07) is 2.07. The predicted molar refractivity (Wildman–Crippen MR) is 49.0 cm³/mol. The monoisotopic (exact) mass is 174 g/mol. The highest BCUT2D eigenvalue weighted by Gasteiger charge is 2.01. The van der Waals surface area contributed by atoms with Gasteiger partial charge in [0.15, 0.2) is 0 Å². The lowest BCUT2D eigenvalue weighted by atomic mass is 10.4. The van der Waals surface area contributed by atoms with Crippen LogP contribution in [0.2, 0.25) is 0 Å². The SMILES string of the molecule is CCCCSC([S])CC#N. The molecule has 0 aliphatic rings. The first-order valence-electron chi connectivity index (χ1n) is 3.45. The Morgan fingerprint density at radius 3 is 2.90 bits per heavy atom. The summed E-state index contributed by atoms with van der Waals surface area (Å²) in [5.74, 6) is 1.10. The Kier molecular flexibility index (Phi) is 7.44. The molecular formula is C7H12NS2. The van der Waals surface area contributed by atoms with Gasteiger partial charge in [-0.3, -0.25) is 0 Å². The normalized spacial score (nSPS) is 12.5. The van der Waals surface area contributed by atoms with E-state index in [2.05, 4.69) is 13.0 Å². The predicted octanol–water partition coefficient (Wildman–Crippen LogP) is 2.96. The molecule has 1 nitrogen and oxygen atoms in total. The Labute approximate surface area is 72.6 Å². The van der Waals surface area contributed by atoms with E-state index in [1.807, 2.05) is 0 Å². The van der Waals surface area contributed by atoms with Gasteiger partial charge in [-0.15, -0.1) is 11.8 Å². The Balaban J connectivity index is 3.06. The van der Waals surface area contributed by atoms with Crippen molar-refractivity contribution in [3.05, 3.63) is 0 Å². The van der Waals surface area contributed by atoms with Crippen LogP contribution < -0.4 is 0 Å². The third kappa shape index (κ3) is 6.31. The number of hydrogen-bond donors (Lipinski definition) is 0. The summed E-state index contributed by atoms with van der Waals surface area (Å²) in [6.45, 7) is 2.16. The molecule has 10 heavy (non-hydrogen) atoms. The Hall–Kier alpha value is 0.190. The molecule has 0 aromatic carbocycles. The van der Waals surface area contributed by atoms with Crippen LogP contribution in [0.4, 0.5) is 0 Å². The maximum absolute atomic E-state index is 8.26. The van der Waals surface area contributed by atoms with E-state index in [-0.39, 0.29) is 4.58 Å². The summed E-state index contributed by atoms with van der Waals surface area (Å²) in [7, 11) is 0. The van der Waals surface area contributed by atoms with Crippen molar-refractivity contribution in [2.24, 2.45) is 0 Å². The third-order valence-electron chi connectivity index (χ3n) is 1.06. The molecule has 0 spiro atoms. The minimum atomic E-state index is 0.108. The molecule has 0 heterocycles. The molecule has 57 valence electrons. The summed E-state index contributed by atoms with van der Waals surface area (Å²) in [5.41, 5.74) is 0. The van der Waals surface area contributed by atoms with Crippen LogP contribution in [0.15, 0.2) is 0 Å². The highest BCUT2D eigenvalue weighted by Crippen LogP contribution is 2.18. The van der Waals surface area contributed by atoms with Crippen molar-refractivity contribution in [1.82, 2.24) is 0 Å². The van der Waals surface area contributed by atoms with Gasteiger partial charge in [-0.2, -0.15) is 5.26 Å². The van der Waals surface area contributed by atoms with Crippen molar-refractivity contribution in [3.8, 4) is 6.07 Å². The summed E-state index contributed by atoms with van der Waals surface area (Å²) in [5, 5.41) is 8.26. The lowest BCUT2D eigenvalue weighted by molar-refractivity contribution is 0.895. The molecule has 0 saturated heterocycles. The van der Waals surface area contributed by atoms with Crippen molar-refractivity contribution >= 4 is 24.4 Å². The van der Waals surface area contributed by atoms with Crippen molar-refractivity contribution in [2.45, 2.75) is 30.8 Å². The van der Waals surface area contributed by atoms with Crippen LogP contribution in [0, 0.1) is 11.3 Å². The second-order valence-corrected chi connectivity index (χ2v) is 4.19. The van der Waals surface area contributed by atoms with Gasteiger partial charge in [0.1, 0.15) is 0 Å². The lowest BCUT2D eigenvalue weighted by Gasteiger charge is -2.02. The van der Waals surface area contributed by atoms with E-state index in [0.717, 1.165) is 5.75 Å². The quantitative estimate of drug-likeness (QED) is 0.598. The molecule has 1 unspecified atom stereocenters. The standard InChI is InChI=1S/C7H12NS2/c1-2-3-6-10-7(9)4-5-8/h7H,2-4,6H2,1H3. The molecule has 0 bridgehead atoms. The van der Waals surface area contributed by atoms with Crippen LogP contribution >= 0.6 is 24.4 Å². The molecule has 0 aliphatic heterocycles. The summed E-state index contributed by atoms with van der Waals surface area (Å²) in [6.07, 6.45) is 2.93. The molecule has 0 fully saturated rings. The fraction of sp³-hybridized carbons (Fsp3) is 0.857. The number of thioether (sulfide) groups is 1. The summed E-state index contributed by atoms with van der Waals surface area (Å²) >= 11 is 6.71. The maximum atomic E-state index is 8.26. The number of nitriles is 1. The number of nitrogens with zero attached hydrogens (tertiary/aromatic N) is 1. The fourth-order valence-electron chi connectivity index (χ4n) is 0.493. The van der Waals surface area contributed by atoms with Gasteiger partial charge in [0, 0.05) is 0 Å². The van der Waals surface area contributed by atoms with Gasteiger partial charge in [-0.25, -0.2) is 0 Å². The zero-order chi connectivity index (χ0) is 7.82. The molecule has 1 atom stereocenters. The largest absolute Gasteiger partial charge is 0.198 e. The second kappa shape index (κ2) is 7.30. The van der Waals surface area contributed by atoms with Crippen LogP contribution in [0.1, 0.15) is 26.2 Å². The molecule has 0 saturated carbocycles. The molecule has 0 N–H and O–H groups in total. The van der Waals surface area contributed by atoms with Gasteiger partial charge in [0.05, 0.1) is 17.1 Å². The average molecular weight is 174 g/mol. The Bertz CT molecular complexity index is 109. The first-order valence-corrected chi connectivity index (χ1v) is 4.97. The summed E-state index contributed by atoms with van der Waals surface area (Å²) in [4.78, 5) is 0. The number of unbranched alkanes of at least 4 members (excludes halogenated alkanes) is 1. The summed E-state index contributed by atoms with van der Waals surface area (Å²) < 4.78 is 0.108. The zero-order valence-corrected chi connectivity index (χ0v) is 7.80. The molecule has 1 radical (unpaired) electrons. The Morgan fingerprint density at radius 2 is 2.40 bits per heavy atom. The third-order valence-corrected chi connectivity index (χ3v) is 2.70. The van der Waals surface area contributed by atoms with Crippen molar-refractivity contribution in [3.63, 3.8) is 0 Å². The van der Waals surface area contributed by atoms with Crippen LogP contribution in [-0.4, -0.2) is 10.3 Å². The molecule has 3 heteroatoms. The molecule has 0 aliphatic carbocycles. The van der Waals surface area contributed by atoms with Gasteiger partial charge in [0.2, 0.25) is 0 Å². The maximum Gasteiger partial charge on any atom is 0.0736 e. The van der Waals surface area contributed by atoms with E-state index in [9.17, 15) is 0 Å². The first-order chi connectivity index (χ1) is 4.81. The van der Waals surface area contributed by atoms with Crippen molar-refractivity contribution in [1.29, 1.82) is 5.26 Å². The lowest BCUT2D eigenvalue weighted by Crippen LogP contribution is -1.91. The molecule has 0 aromatic heterocycles. The topological polar surface area (TPSA) is 23.8 Å². The van der Waals surface area contributed by atoms with E-state index in [1.165, 1.54) is 12.8 Å². The molecule has 0 aromatic rings. The van der Waals surface area contributed by atoms with Gasteiger partial charge in [-0.1, -0.05) is 26.0 Å². The van der Waals surface area contributed by atoms with E-state index in [0.29, 0.717) is 6.42 Å². The van der Waals surface area contributed by atoms with Crippen LogP contribution in [0.3, 0.4) is 0 Å². The number of hydrogen-bond acceptors (Lipinski definition) is 2. The first kappa shape index (κ1) is 10.2. The molecule has 0 amide bonds. The van der Waals surface area contributed by atoms with Crippen LogP contribution in [-0.2, 0) is 0 Å². The fourth-order valence-corrected chi connectivity index (χ4v) is 1.77. The van der Waals surface area contributed by atoms with Gasteiger partial charge < -0.3 is 0 Å². The highest BCUT2D eigenvalue weighted by atomic mass is 32.2. The highest BCUT2D eigenvalue weighted by molar-refractivity contribution is 8.10. The van der Waals surface area contributed by atoms with E-state index >= 15 is 0 Å². The second-order valence-electron chi connectivity index (χ2n) is 2.02. The average Bonchev–Trinajstić information content (AvgIpc) is 1.89. The van der Waals surface area contributed by atoms with E-state index in [4.69, 9.17) is 17.9 Å². The van der Waals surface area contributed by atoms with E-state index in [1.54, 1.807) is 11.8 Å². The van der Waals surface area contributed by atoms with Gasteiger partial charge >= 0.3 is 0 Å². The van der Waals surface area contributed by atoms with Crippen molar-refractivity contribution in [2.75, 3.05) is 5.75 Å². The van der Waals surface area contributed by atoms with E-state index < -0.39 is 0 Å². The molecular weight excluding hydrogens is 162 g/mol.